The summed E-state index contributed by atoms with van der Waals surface area (Å²) in [6, 6.07) is 11.5. The normalized spacial score (nSPS) is 10.2. The number of nitrogens with one attached hydrogen (secondary N) is 1. The molecule has 0 aliphatic rings. The van der Waals surface area contributed by atoms with Crippen molar-refractivity contribution in [1.29, 1.82) is 0 Å². The van der Waals surface area contributed by atoms with Crippen LogP contribution in [-0.4, -0.2) is 24.6 Å². The number of ether oxygens (including phenoxy) is 1. The number of thiocarbonyl (C=S) groups is 1. The van der Waals surface area contributed by atoms with Crippen molar-refractivity contribution in [3.8, 4) is 0 Å². The predicted octanol–water partition coefficient (Wildman–Crippen LogP) is 2.06. The van der Waals surface area contributed by atoms with Crippen molar-refractivity contribution in [3.05, 3.63) is 42.0 Å². The third kappa shape index (κ3) is 2.82. The van der Waals surface area contributed by atoms with Crippen LogP contribution in [0.5, 0.6) is 0 Å². The van der Waals surface area contributed by atoms with Gasteiger partial charge in [-0.15, -0.1) is 0 Å². The van der Waals surface area contributed by atoms with Gasteiger partial charge in [0.15, 0.2) is 0 Å². The molecule has 0 saturated heterocycles. The molecule has 0 aromatic heterocycles. The van der Waals surface area contributed by atoms with Gasteiger partial charge in [-0.05, 0) is 17.5 Å². The summed E-state index contributed by atoms with van der Waals surface area (Å²) in [5.41, 5.74) is 7.39. The molecule has 2 aromatic rings. The van der Waals surface area contributed by atoms with Gasteiger partial charge in [0.05, 0.1) is 7.11 Å². The van der Waals surface area contributed by atoms with Crippen LogP contribution in [-0.2, 0) is 9.53 Å². The van der Waals surface area contributed by atoms with E-state index in [0.717, 1.165) is 22.0 Å². The van der Waals surface area contributed by atoms with Crippen molar-refractivity contribution in [2.75, 3.05) is 19.0 Å². The molecule has 2 rings (SSSR count). The topological polar surface area (TPSA) is 64.3 Å². The first-order chi connectivity index (χ1) is 9.13. The van der Waals surface area contributed by atoms with Crippen molar-refractivity contribution in [3.63, 3.8) is 0 Å². The van der Waals surface area contributed by atoms with Crippen LogP contribution in [0.25, 0.3) is 10.8 Å². The number of fused-ring (bicyclic) bond motifs is 1. The second-order valence-corrected chi connectivity index (χ2v) is 4.44. The van der Waals surface area contributed by atoms with Crippen LogP contribution in [0.4, 0.5) is 5.69 Å². The number of hydrogen-bond acceptors (Lipinski definition) is 4. The van der Waals surface area contributed by atoms with Crippen LogP contribution in [0, 0.1) is 0 Å². The maximum absolute atomic E-state index is 11.2. The Bertz CT molecular complexity index is 640. The Morgan fingerprint density at radius 1 is 1.26 bits per heavy atom. The molecule has 2 aromatic carbocycles. The fraction of sp³-hybridized carbons (Fsp3) is 0.143. The van der Waals surface area contributed by atoms with E-state index in [0.29, 0.717) is 4.99 Å². The van der Waals surface area contributed by atoms with Gasteiger partial charge in [-0.2, -0.15) is 0 Å². The molecule has 3 N–H and O–H groups in total. The lowest BCUT2D eigenvalue weighted by Gasteiger charge is -2.11. The number of methoxy groups -OCH3 is 1. The van der Waals surface area contributed by atoms with E-state index in [4.69, 9.17) is 18.0 Å². The molecule has 0 unspecified atom stereocenters. The molecule has 0 spiro atoms. The fourth-order valence-corrected chi connectivity index (χ4v) is 2.09. The summed E-state index contributed by atoms with van der Waals surface area (Å²) in [6.07, 6.45) is 0. The van der Waals surface area contributed by atoms with E-state index in [1.807, 2.05) is 36.4 Å². The van der Waals surface area contributed by atoms with E-state index in [1.54, 1.807) is 0 Å². The molecule has 0 aliphatic heterocycles. The van der Waals surface area contributed by atoms with Crippen molar-refractivity contribution in [2.45, 2.75) is 0 Å². The summed E-state index contributed by atoms with van der Waals surface area (Å²) in [6.45, 7) is 0.118. The Kier molecular flexibility index (Phi) is 3.97. The number of carbonyl (C=O) groups excluding carboxylic acids is 1. The minimum atomic E-state index is -0.317. The zero-order valence-electron chi connectivity index (χ0n) is 10.5. The highest BCUT2D eigenvalue weighted by atomic mass is 32.1. The second kappa shape index (κ2) is 5.67. The van der Waals surface area contributed by atoms with Gasteiger partial charge in [0.25, 0.3) is 0 Å². The summed E-state index contributed by atoms with van der Waals surface area (Å²) in [5, 5.41) is 4.98. The largest absolute Gasteiger partial charge is 0.468 e. The number of nitrogens with two attached hydrogens (primary N) is 1. The molecule has 0 heterocycles. The molecular formula is C14H14N2O2S. The van der Waals surface area contributed by atoms with Gasteiger partial charge in [-0.3, -0.25) is 4.79 Å². The highest BCUT2D eigenvalue weighted by molar-refractivity contribution is 7.80. The molecule has 0 saturated carbocycles. The van der Waals surface area contributed by atoms with Crippen LogP contribution >= 0.6 is 12.2 Å². The first-order valence-corrected chi connectivity index (χ1v) is 6.16. The number of benzene rings is 2. The summed E-state index contributed by atoms with van der Waals surface area (Å²) >= 11 is 5.04. The van der Waals surface area contributed by atoms with Crippen LogP contribution in [0.2, 0.25) is 0 Å². The lowest BCUT2D eigenvalue weighted by atomic mass is 10.0. The maximum Gasteiger partial charge on any atom is 0.325 e. The third-order valence-electron chi connectivity index (χ3n) is 2.84. The number of anilines is 1. The van der Waals surface area contributed by atoms with Crippen molar-refractivity contribution in [1.82, 2.24) is 0 Å². The van der Waals surface area contributed by atoms with E-state index in [9.17, 15) is 4.79 Å². The average molecular weight is 274 g/mol. The van der Waals surface area contributed by atoms with E-state index < -0.39 is 0 Å². The van der Waals surface area contributed by atoms with Crippen LogP contribution in [0.15, 0.2) is 36.4 Å². The van der Waals surface area contributed by atoms with Gasteiger partial charge in [0, 0.05) is 16.6 Å². The van der Waals surface area contributed by atoms with Crippen molar-refractivity contribution < 1.29 is 9.53 Å². The Morgan fingerprint density at radius 3 is 2.58 bits per heavy atom. The Hall–Kier alpha value is -2.14. The van der Waals surface area contributed by atoms with E-state index in [1.165, 1.54) is 7.11 Å². The number of rotatable bonds is 4. The summed E-state index contributed by atoms with van der Waals surface area (Å²) < 4.78 is 4.60. The van der Waals surface area contributed by atoms with E-state index in [-0.39, 0.29) is 12.5 Å². The average Bonchev–Trinajstić information content (AvgIpc) is 2.43. The highest BCUT2D eigenvalue weighted by Crippen LogP contribution is 2.26. The van der Waals surface area contributed by atoms with Gasteiger partial charge >= 0.3 is 5.97 Å². The van der Waals surface area contributed by atoms with Crippen LogP contribution < -0.4 is 11.1 Å². The van der Waals surface area contributed by atoms with Crippen LogP contribution in [0.3, 0.4) is 0 Å². The van der Waals surface area contributed by atoms with Gasteiger partial charge in [0.1, 0.15) is 11.5 Å². The zero-order valence-corrected chi connectivity index (χ0v) is 11.3. The molecule has 0 atom stereocenters. The molecular weight excluding hydrogens is 260 g/mol. The molecule has 98 valence electrons. The molecule has 0 aliphatic carbocycles. The van der Waals surface area contributed by atoms with Gasteiger partial charge in [-0.25, -0.2) is 0 Å². The zero-order chi connectivity index (χ0) is 13.8. The van der Waals surface area contributed by atoms with Gasteiger partial charge in [-0.1, -0.05) is 36.5 Å². The monoisotopic (exact) mass is 274 g/mol. The highest BCUT2D eigenvalue weighted by Gasteiger charge is 2.08. The first kappa shape index (κ1) is 13.3. The first-order valence-electron chi connectivity index (χ1n) is 5.75. The SMILES string of the molecule is COC(=O)CNc1ccc(C(N)=S)c2ccccc12. The smallest absolute Gasteiger partial charge is 0.325 e. The van der Waals surface area contributed by atoms with Crippen molar-refractivity contribution in [2.24, 2.45) is 5.73 Å². The minimum Gasteiger partial charge on any atom is -0.468 e. The molecule has 0 amide bonds. The minimum absolute atomic E-state index is 0.118. The van der Waals surface area contributed by atoms with Gasteiger partial charge < -0.3 is 15.8 Å². The van der Waals surface area contributed by atoms with Gasteiger partial charge in [0.2, 0.25) is 0 Å². The van der Waals surface area contributed by atoms with Crippen LogP contribution in [0.1, 0.15) is 5.56 Å². The van der Waals surface area contributed by atoms with E-state index >= 15 is 0 Å². The van der Waals surface area contributed by atoms with Crippen molar-refractivity contribution >= 4 is 39.6 Å². The maximum atomic E-state index is 11.2. The standard InChI is InChI=1S/C14H14N2O2S/c1-18-13(17)8-16-12-7-6-11(14(15)19)9-4-2-3-5-10(9)12/h2-7,16H,8H2,1H3,(H2,15,19). The number of esters is 1. The molecule has 0 fully saturated rings. The molecule has 19 heavy (non-hydrogen) atoms. The summed E-state index contributed by atoms with van der Waals surface area (Å²) in [4.78, 5) is 11.5. The second-order valence-electron chi connectivity index (χ2n) is 4.00. The third-order valence-corrected chi connectivity index (χ3v) is 3.06. The molecule has 0 bridgehead atoms. The molecule has 0 radical (unpaired) electrons. The fourth-order valence-electron chi connectivity index (χ4n) is 1.91. The Balaban J connectivity index is 2.44. The molecule has 5 heteroatoms. The number of hydrogen-bond donors (Lipinski definition) is 2. The quantitative estimate of drug-likeness (QED) is 0.660. The lowest BCUT2D eigenvalue weighted by Crippen LogP contribution is -2.15. The Morgan fingerprint density at radius 2 is 1.95 bits per heavy atom. The van der Waals surface area contributed by atoms with E-state index in [2.05, 4.69) is 10.1 Å². The summed E-state index contributed by atoms with van der Waals surface area (Å²) in [7, 11) is 1.36. The molecule has 4 nitrogen and oxygen atoms in total. The lowest BCUT2D eigenvalue weighted by molar-refractivity contribution is -0.138. The Labute approximate surface area is 116 Å². The predicted molar refractivity (Wildman–Crippen MR) is 80.3 cm³/mol. The summed E-state index contributed by atoms with van der Waals surface area (Å²) in [5.74, 6) is -0.317. The number of carbonyl (C=O) groups is 1.